The maximum Gasteiger partial charge on any atom is 0.0741 e. The third kappa shape index (κ3) is 4.02. The van der Waals surface area contributed by atoms with E-state index in [1.807, 2.05) is 11.3 Å². The van der Waals surface area contributed by atoms with Crippen LogP contribution in [0.15, 0.2) is 17.5 Å². The van der Waals surface area contributed by atoms with Gasteiger partial charge in [-0.25, -0.2) is 0 Å². The van der Waals surface area contributed by atoms with Gasteiger partial charge in [0.2, 0.25) is 0 Å². The predicted octanol–water partition coefficient (Wildman–Crippen LogP) is 2.98. The molecular weight excluding hydrogens is 320 g/mol. The molecule has 4 heterocycles. The van der Waals surface area contributed by atoms with Crippen molar-refractivity contribution in [1.82, 2.24) is 9.80 Å². The fourth-order valence-corrected chi connectivity index (χ4v) is 5.29. The Kier molecular flexibility index (Phi) is 5.54. The van der Waals surface area contributed by atoms with Crippen LogP contribution in [0.25, 0.3) is 0 Å². The summed E-state index contributed by atoms with van der Waals surface area (Å²) in [5, 5.41) is 2.19. The van der Waals surface area contributed by atoms with Crippen molar-refractivity contribution in [2.45, 2.75) is 50.3 Å². The maximum atomic E-state index is 6.23. The molecule has 5 heteroatoms. The Bertz CT molecular complexity index is 496. The van der Waals surface area contributed by atoms with Crippen molar-refractivity contribution in [1.29, 1.82) is 0 Å². The minimum atomic E-state index is 0.115. The lowest BCUT2D eigenvalue weighted by molar-refractivity contribution is -0.151. The van der Waals surface area contributed by atoms with Gasteiger partial charge in [-0.15, -0.1) is 11.3 Å². The third-order valence-electron chi connectivity index (χ3n) is 5.97. The number of hydrogen-bond acceptors (Lipinski definition) is 5. The zero-order valence-electron chi connectivity index (χ0n) is 14.6. The maximum absolute atomic E-state index is 6.23. The van der Waals surface area contributed by atoms with Crippen molar-refractivity contribution in [2.24, 2.45) is 0 Å². The highest BCUT2D eigenvalue weighted by molar-refractivity contribution is 7.09. The molecule has 1 spiro atoms. The van der Waals surface area contributed by atoms with E-state index in [-0.39, 0.29) is 5.60 Å². The SMILES string of the molecule is c1csc(CN2CCCN(C3CCOC4(CCOCC4)C3)CC2)c1. The van der Waals surface area contributed by atoms with E-state index in [0.717, 1.165) is 39.2 Å². The van der Waals surface area contributed by atoms with E-state index in [1.165, 1.54) is 50.3 Å². The normalized spacial score (nSPS) is 29.6. The quantitative estimate of drug-likeness (QED) is 0.837. The van der Waals surface area contributed by atoms with Gasteiger partial charge in [-0.3, -0.25) is 9.80 Å². The molecule has 0 N–H and O–H groups in total. The van der Waals surface area contributed by atoms with Gasteiger partial charge in [0.15, 0.2) is 0 Å². The number of thiophene rings is 1. The minimum absolute atomic E-state index is 0.115. The first kappa shape index (κ1) is 17.0. The Labute approximate surface area is 149 Å². The lowest BCUT2D eigenvalue weighted by Crippen LogP contribution is -2.51. The van der Waals surface area contributed by atoms with E-state index in [0.29, 0.717) is 6.04 Å². The van der Waals surface area contributed by atoms with Crippen LogP contribution in [0.4, 0.5) is 0 Å². The number of ether oxygens (including phenoxy) is 2. The molecule has 0 saturated carbocycles. The van der Waals surface area contributed by atoms with Gasteiger partial charge in [0.05, 0.1) is 5.60 Å². The molecule has 1 atom stereocenters. The summed E-state index contributed by atoms with van der Waals surface area (Å²) in [6.45, 7) is 8.70. The van der Waals surface area contributed by atoms with E-state index in [9.17, 15) is 0 Å². The van der Waals surface area contributed by atoms with Crippen LogP contribution in [0.3, 0.4) is 0 Å². The van der Waals surface area contributed by atoms with Crippen LogP contribution in [0.2, 0.25) is 0 Å². The lowest BCUT2D eigenvalue weighted by atomic mass is 9.83. The van der Waals surface area contributed by atoms with Crippen molar-refractivity contribution >= 4 is 11.3 Å². The monoisotopic (exact) mass is 350 g/mol. The summed E-state index contributed by atoms with van der Waals surface area (Å²) in [4.78, 5) is 6.89. The summed E-state index contributed by atoms with van der Waals surface area (Å²) in [5.74, 6) is 0. The second-order valence-electron chi connectivity index (χ2n) is 7.54. The van der Waals surface area contributed by atoms with Crippen LogP contribution < -0.4 is 0 Å². The molecule has 0 aliphatic carbocycles. The Hall–Kier alpha value is -0.460. The molecule has 0 aromatic carbocycles. The molecular formula is C19H30N2O2S. The molecule has 3 fully saturated rings. The molecule has 4 nitrogen and oxygen atoms in total. The zero-order chi connectivity index (χ0) is 16.2. The van der Waals surface area contributed by atoms with E-state index >= 15 is 0 Å². The van der Waals surface area contributed by atoms with Crippen LogP contribution >= 0.6 is 11.3 Å². The van der Waals surface area contributed by atoms with Crippen LogP contribution in [0.5, 0.6) is 0 Å². The fraction of sp³-hybridized carbons (Fsp3) is 0.789. The van der Waals surface area contributed by atoms with Gasteiger partial charge >= 0.3 is 0 Å². The van der Waals surface area contributed by atoms with E-state index in [1.54, 1.807) is 0 Å². The second-order valence-corrected chi connectivity index (χ2v) is 8.57. The molecule has 4 rings (SSSR count). The van der Waals surface area contributed by atoms with E-state index < -0.39 is 0 Å². The molecule has 0 amide bonds. The Morgan fingerprint density at radius 2 is 2.04 bits per heavy atom. The molecule has 1 unspecified atom stereocenters. The highest BCUT2D eigenvalue weighted by Crippen LogP contribution is 2.36. The molecule has 0 bridgehead atoms. The van der Waals surface area contributed by atoms with Crippen molar-refractivity contribution in [3.8, 4) is 0 Å². The Morgan fingerprint density at radius 3 is 2.88 bits per heavy atom. The first-order chi connectivity index (χ1) is 11.8. The summed E-state index contributed by atoms with van der Waals surface area (Å²) in [7, 11) is 0. The van der Waals surface area contributed by atoms with E-state index in [4.69, 9.17) is 9.47 Å². The van der Waals surface area contributed by atoms with Gasteiger partial charge in [-0.2, -0.15) is 0 Å². The Morgan fingerprint density at radius 1 is 1.12 bits per heavy atom. The third-order valence-corrected chi connectivity index (χ3v) is 6.83. The topological polar surface area (TPSA) is 24.9 Å². The first-order valence-electron chi connectivity index (χ1n) is 9.54. The smallest absolute Gasteiger partial charge is 0.0741 e. The van der Waals surface area contributed by atoms with Crippen molar-refractivity contribution in [3.63, 3.8) is 0 Å². The first-order valence-corrected chi connectivity index (χ1v) is 10.4. The highest BCUT2D eigenvalue weighted by Gasteiger charge is 2.40. The largest absolute Gasteiger partial charge is 0.381 e. The van der Waals surface area contributed by atoms with Crippen molar-refractivity contribution < 1.29 is 9.47 Å². The molecule has 0 radical (unpaired) electrons. The molecule has 134 valence electrons. The summed E-state index contributed by atoms with van der Waals surface area (Å²) in [5.41, 5.74) is 0.115. The fourth-order valence-electron chi connectivity index (χ4n) is 4.54. The van der Waals surface area contributed by atoms with Crippen LogP contribution in [-0.4, -0.2) is 67.4 Å². The second kappa shape index (κ2) is 7.83. The van der Waals surface area contributed by atoms with Gasteiger partial charge in [0.25, 0.3) is 0 Å². The lowest BCUT2D eigenvalue weighted by Gasteiger charge is -2.46. The highest BCUT2D eigenvalue weighted by atomic mass is 32.1. The van der Waals surface area contributed by atoms with E-state index in [2.05, 4.69) is 27.3 Å². The molecule has 1 aromatic heterocycles. The van der Waals surface area contributed by atoms with Gasteiger partial charge in [0, 0.05) is 50.4 Å². The van der Waals surface area contributed by atoms with Crippen LogP contribution in [0.1, 0.15) is 37.0 Å². The van der Waals surface area contributed by atoms with Gasteiger partial charge in [-0.1, -0.05) is 6.07 Å². The van der Waals surface area contributed by atoms with Crippen molar-refractivity contribution in [3.05, 3.63) is 22.4 Å². The van der Waals surface area contributed by atoms with Crippen LogP contribution in [0, 0.1) is 0 Å². The van der Waals surface area contributed by atoms with Gasteiger partial charge < -0.3 is 9.47 Å². The van der Waals surface area contributed by atoms with Gasteiger partial charge in [0.1, 0.15) is 0 Å². The predicted molar refractivity (Wildman–Crippen MR) is 97.5 cm³/mol. The zero-order valence-corrected chi connectivity index (χ0v) is 15.4. The summed E-state index contributed by atoms with van der Waals surface area (Å²) < 4.78 is 11.8. The summed E-state index contributed by atoms with van der Waals surface area (Å²) >= 11 is 1.88. The average molecular weight is 351 g/mol. The van der Waals surface area contributed by atoms with Crippen LogP contribution in [-0.2, 0) is 16.0 Å². The summed E-state index contributed by atoms with van der Waals surface area (Å²) in [6.07, 6.45) is 5.87. The average Bonchev–Trinajstić information content (AvgIpc) is 3.00. The molecule has 3 aliphatic heterocycles. The van der Waals surface area contributed by atoms with Gasteiger partial charge in [-0.05, 0) is 56.6 Å². The standard InChI is InChI=1S/C19H30N2O2S/c1-3-18(24-14-1)16-20-7-2-8-21(10-9-20)17-4-11-23-19(15-17)5-12-22-13-6-19/h1,3,14,17H,2,4-13,15-16H2. The molecule has 1 aromatic rings. The minimum Gasteiger partial charge on any atom is -0.381 e. The molecule has 24 heavy (non-hydrogen) atoms. The molecule has 3 aliphatic rings. The number of hydrogen-bond donors (Lipinski definition) is 0. The Balaban J connectivity index is 1.33. The number of nitrogens with zero attached hydrogens (tertiary/aromatic N) is 2. The summed E-state index contributed by atoms with van der Waals surface area (Å²) in [6, 6.07) is 5.14. The number of rotatable bonds is 3. The van der Waals surface area contributed by atoms with Crippen molar-refractivity contribution in [2.75, 3.05) is 46.0 Å². The molecule has 3 saturated heterocycles.